The molecule has 156 valence electrons. The Kier molecular flexibility index (Phi) is 6.25. The largest absolute Gasteiger partial charge is 0.368 e. The smallest absolute Gasteiger partial charge is 0.236 e. The van der Waals surface area contributed by atoms with Gasteiger partial charge in [0.05, 0.1) is 42.3 Å². The second-order valence-corrected chi connectivity index (χ2v) is 7.90. The maximum absolute atomic E-state index is 12.8. The molecule has 0 unspecified atom stereocenters. The van der Waals surface area contributed by atoms with E-state index in [9.17, 15) is 4.79 Å². The van der Waals surface area contributed by atoms with Crippen molar-refractivity contribution < 1.29 is 14.1 Å². The number of amides is 1. The summed E-state index contributed by atoms with van der Waals surface area (Å²) in [6, 6.07) is 5.94. The van der Waals surface area contributed by atoms with Gasteiger partial charge in [0.15, 0.2) is 0 Å². The number of aromatic nitrogens is 2. The molecule has 4 heterocycles. The number of piperidine rings is 1. The van der Waals surface area contributed by atoms with E-state index in [-0.39, 0.29) is 12.0 Å². The fourth-order valence-corrected chi connectivity index (χ4v) is 4.22. The molecule has 0 aliphatic carbocycles. The molecule has 2 aliphatic heterocycles. The lowest BCUT2D eigenvalue weighted by atomic mass is 10.1. The Bertz CT molecular complexity index is 844. The maximum atomic E-state index is 12.8. The van der Waals surface area contributed by atoms with Gasteiger partial charge in [-0.25, -0.2) is 4.98 Å². The first-order valence-corrected chi connectivity index (χ1v) is 10.7. The highest BCUT2D eigenvalue weighted by molar-refractivity contribution is 5.78. The van der Waals surface area contributed by atoms with Crippen LogP contribution in [0.1, 0.15) is 49.4 Å². The minimum Gasteiger partial charge on any atom is -0.368 e. The number of hydrogen-bond acceptors (Lipinski definition) is 6. The molecule has 0 spiro atoms. The number of hydrogen-bond donors (Lipinski definition) is 0. The third-order valence-electron chi connectivity index (χ3n) is 5.84. The summed E-state index contributed by atoms with van der Waals surface area (Å²) in [6.07, 6.45) is 4.22. The number of pyridine rings is 1. The zero-order valence-corrected chi connectivity index (χ0v) is 17.4. The van der Waals surface area contributed by atoms with Crippen LogP contribution in [-0.2, 0) is 16.0 Å². The minimum atomic E-state index is -0.209. The molecule has 2 aromatic heterocycles. The minimum absolute atomic E-state index is 0.194. The van der Waals surface area contributed by atoms with E-state index in [2.05, 4.69) is 10.1 Å². The summed E-state index contributed by atoms with van der Waals surface area (Å²) in [5.74, 6) is 1.04. The third kappa shape index (κ3) is 4.51. The molecule has 0 saturated carbocycles. The summed E-state index contributed by atoms with van der Waals surface area (Å²) in [5, 5.41) is 4.09. The van der Waals surface area contributed by atoms with Gasteiger partial charge in [-0.15, -0.1) is 0 Å². The zero-order valence-electron chi connectivity index (χ0n) is 17.4. The van der Waals surface area contributed by atoms with E-state index < -0.39 is 0 Å². The standard InChI is InChI=1S/C22H30N4O3/c1-3-19-22(16(2)24-29-19)18-9-7-8-17(23-18)20-14-26(12-13-28-20)21(27)15-25-10-5-4-6-11-25/h7-9,20H,3-6,10-15H2,1-2H3/t20-/m0/s1. The Morgan fingerprint density at radius 2 is 2.03 bits per heavy atom. The van der Waals surface area contributed by atoms with Crippen LogP contribution in [0.5, 0.6) is 0 Å². The molecule has 1 amide bonds. The quantitative estimate of drug-likeness (QED) is 0.771. The Morgan fingerprint density at radius 1 is 1.21 bits per heavy atom. The maximum Gasteiger partial charge on any atom is 0.236 e. The Balaban J connectivity index is 1.47. The van der Waals surface area contributed by atoms with Crippen LogP contribution in [0.4, 0.5) is 0 Å². The molecule has 2 saturated heterocycles. The molecule has 2 fully saturated rings. The number of ether oxygens (including phenoxy) is 1. The molecule has 0 N–H and O–H groups in total. The molecule has 7 nitrogen and oxygen atoms in total. The summed E-state index contributed by atoms with van der Waals surface area (Å²) >= 11 is 0. The highest BCUT2D eigenvalue weighted by atomic mass is 16.5. The zero-order chi connectivity index (χ0) is 20.2. The molecule has 2 aromatic rings. The fourth-order valence-electron chi connectivity index (χ4n) is 4.22. The van der Waals surface area contributed by atoms with Gasteiger partial charge in [-0.05, 0) is 45.0 Å². The first-order valence-electron chi connectivity index (χ1n) is 10.7. The first kappa shape index (κ1) is 20.0. The van der Waals surface area contributed by atoms with Crippen molar-refractivity contribution in [1.82, 2.24) is 19.9 Å². The summed E-state index contributed by atoms with van der Waals surface area (Å²) in [7, 11) is 0. The van der Waals surface area contributed by atoms with Crippen molar-refractivity contribution in [3.63, 3.8) is 0 Å². The summed E-state index contributed by atoms with van der Waals surface area (Å²) in [6.45, 7) is 8.28. The molecule has 29 heavy (non-hydrogen) atoms. The van der Waals surface area contributed by atoms with Gasteiger partial charge in [0.2, 0.25) is 5.91 Å². The molecule has 4 rings (SSSR count). The molecular weight excluding hydrogens is 368 g/mol. The fraction of sp³-hybridized carbons (Fsp3) is 0.591. The molecule has 0 aromatic carbocycles. The van der Waals surface area contributed by atoms with E-state index in [0.717, 1.165) is 47.9 Å². The van der Waals surface area contributed by atoms with E-state index in [1.807, 2.05) is 36.9 Å². The number of nitrogens with zero attached hydrogens (tertiary/aromatic N) is 4. The number of carbonyl (C=O) groups excluding carboxylic acids is 1. The summed E-state index contributed by atoms with van der Waals surface area (Å²) in [4.78, 5) is 21.9. The Labute approximate surface area is 172 Å². The highest BCUT2D eigenvalue weighted by Crippen LogP contribution is 2.29. The van der Waals surface area contributed by atoms with E-state index in [1.54, 1.807) is 0 Å². The van der Waals surface area contributed by atoms with Crippen LogP contribution in [0, 0.1) is 6.92 Å². The van der Waals surface area contributed by atoms with Gasteiger partial charge < -0.3 is 14.2 Å². The molecule has 1 atom stereocenters. The van der Waals surface area contributed by atoms with E-state index in [1.165, 1.54) is 19.3 Å². The van der Waals surface area contributed by atoms with Gasteiger partial charge >= 0.3 is 0 Å². The van der Waals surface area contributed by atoms with Crippen molar-refractivity contribution in [2.45, 2.75) is 45.6 Å². The molecule has 0 bridgehead atoms. The van der Waals surface area contributed by atoms with E-state index in [4.69, 9.17) is 14.2 Å². The molecule has 0 radical (unpaired) electrons. The van der Waals surface area contributed by atoms with Crippen molar-refractivity contribution in [2.24, 2.45) is 0 Å². The molecular formula is C22H30N4O3. The molecule has 7 heteroatoms. The highest BCUT2D eigenvalue weighted by Gasteiger charge is 2.28. The van der Waals surface area contributed by atoms with Crippen molar-refractivity contribution in [1.29, 1.82) is 0 Å². The molecule has 2 aliphatic rings. The van der Waals surface area contributed by atoms with Gasteiger partial charge in [-0.2, -0.15) is 0 Å². The van der Waals surface area contributed by atoms with Crippen molar-refractivity contribution in [3.8, 4) is 11.3 Å². The predicted molar refractivity (Wildman–Crippen MR) is 109 cm³/mol. The Hall–Kier alpha value is -2.25. The van der Waals surface area contributed by atoms with Gasteiger partial charge in [-0.3, -0.25) is 9.69 Å². The second-order valence-electron chi connectivity index (χ2n) is 7.90. The SMILES string of the molecule is CCc1onc(C)c1-c1cccc([C@@H]2CN(C(=O)CN3CCCCC3)CCO2)n1. The number of likely N-dealkylation sites (tertiary alicyclic amines) is 1. The van der Waals surface area contributed by atoms with Crippen LogP contribution in [0.15, 0.2) is 22.7 Å². The van der Waals surface area contributed by atoms with Crippen LogP contribution in [0.2, 0.25) is 0 Å². The van der Waals surface area contributed by atoms with Crippen molar-refractivity contribution >= 4 is 5.91 Å². The Morgan fingerprint density at radius 3 is 2.83 bits per heavy atom. The average molecular weight is 399 g/mol. The van der Waals surface area contributed by atoms with Crippen molar-refractivity contribution in [3.05, 3.63) is 35.3 Å². The van der Waals surface area contributed by atoms with Crippen molar-refractivity contribution in [2.75, 3.05) is 39.3 Å². The van der Waals surface area contributed by atoms with Gasteiger partial charge in [0, 0.05) is 13.0 Å². The second kappa shape index (κ2) is 9.05. The monoisotopic (exact) mass is 398 g/mol. The van der Waals surface area contributed by atoms with Crippen LogP contribution < -0.4 is 0 Å². The number of morpholine rings is 1. The number of rotatable bonds is 5. The normalized spacial score (nSPS) is 20.8. The number of aryl methyl sites for hydroxylation is 2. The lowest BCUT2D eigenvalue weighted by Crippen LogP contribution is -2.47. The van der Waals surface area contributed by atoms with Gasteiger partial charge in [0.25, 0.3) is 0 Å². The van der Waals surface area contributed by atoms with Gasteiger partial charge in [0.1, 0.15) is 11.9 Å². The van der Waals surface area contributed by atoms with Gasteiger partial charge in [-0.1, -0.05) is 24.6 Å². The average Bonchev–Trinajstić information content (AvgIpc) is 3.15. The first-order chi connectivity index (χ1) is 14.2. The topological polar surface area (TPSA) is 71.7 Å². The van der Waals surface area contributed by atoms with Crippen LogP contribution >= 0.6 is 0 Å². The lowest BCUT2D eigenvalue weighted by Gasteiger charge is -2.35. The summed E-state index contributed by atoms with van der Waals surface area (Å²) < 4.78 is 11.4. The predicted octanol–water partition coefficient (Wildman–Crippen LogP) is 2.99. The number of carbonyl (C=O) groups is 1. The van der Waals surface area contributed by atoms with E-state index in [0.29, 0.717) is 26.2 Å². The lowest BCUT2D eigenvalue weighted by molar-refractivity contribution is -0.140. The van der Waals surface area contributed by atoms with Crippen LogP contribution in [0.3, 0.4) is 0 Å². The van der Waals surface area contributed by atoms with Crippen LogP contribution in [0.25, 0.3) is 11.3 Å². The van der Waals surface area contributed by atoms with Crippen LogP contribution in [-0.4, -0.2) is 65.2 Å². The third-order valence-corrected chi connectivity index (χ3v) is 5.84. The van der Waals surface area contributed by atoms with E-state index >= 15 is 0 Å². The summed E-state index contributed by atoms with van der Waals surface area (Å²) in [5.41, 5.74) is 3.50.